The number of carbonyl (C=O) groups is 1. The van der Waals surface area contributed by atoms with E-state index in [-0.39, 0.29) is 18.3 Å². The van der Waals surface area contributed by atoms with Gasteiger partial charge in [0, 0.05) is 6.04 Å². The van der Waals surface area contributed by atoms with E-state index in [9.17, 15) is 4.79 Å². The minimum atomic E-state index is -0.541. The lowest BCUT2D eigenvalue weighted by Gasteiger charge is -2.27. The van der Waals surface area contributed by atoms with Gasteiger partial charge >= 0.3 is 0 Å². The normalized spacial score (nSPS) is 16.6. The largest absolute Gasteiger partial charge is 0.352 e. The summed E-state index contributed by atoms with van der Waals surface area (Å²) >= 11 is 0. The van der Waals surface area contributed by atoms with Gasteiger partial charge in [-0.2, -0.15) is 0 Å². The highest BCUT2D eigenvalue weighted by Crippen LogP contribution is 2.19. The van der Waals surface area contributed by atoms with E-state index in [0.717, 1.165) is 18.4 Å². The molecule has 0 heterocycles. The third-order valence-corrected chi connectivity index (χ3v) is 3.17. The summed E-state index contributed by atoms with van der Waals surface area (Å²) in [6.07, 6.45) is 3.39. The summed E-state index contributed by atoms with van der Waals surface area (Å²) in [6.45, 7) is 2.02. The van der Waals surface area contributed by atoms with Gasteiger partial charge in [0.2, 0.25) is 5.91 Å². The van der Waals surface area contributed by atoms with Crippen molar-refractivity contribution in [3.8, 4) is 0 Å². The molecular weight excluding hydrogens is 236 g/mol. The lowest BCUT2D eigenvalue weighted by molar-refractivity contribution is -0.123. The van der Waals surface area contributed by atoms with Crippen molar-refractivity contribution in [2.24, 2.45) is 5.73 Å². The molecule has 1 fully saturated rings. The van der Waals surface area contributed by atoms with Crippen LogP contribution in [-0.2, 0) is 4.79 Å². The van der Waals surface area contributed by atoms with Crippen LogP contribution in [-0.4, -0.2) is 11.9 Å². The molecule has 1 aromatic carbocycles. The van der Waals surface area contributed by atoms with Crippen LogP contribution in [0.2, 0.25) is 0 Å². The van der Waals surface area contributed by atoms with Crippen molar-refractivity contribution < 1.29 is 4.79 Å². The van der Waals surface area contributed by atoms with Gasteiger partial charge in [0.05, 0.1) is 0 Å². The Kier molecular flexibility index (Phi) is 4.97. The van der Waals surface area contributed by atoms with Crippen LogP contribution in [0, 0.1) is 6.92 Å². The molecule has 1 unspecified atom stereocenters. The van der Waals surface area contributed by atoms with Gasteiger partial charge in [0.25, 0.3) is 0 Å². The van der Waals surface area contributed by atoms with Crippen molar-refractivity contribution in [1.82, 2.24) is 5.32 Å². The molecule has 0 aliphatic heterocycles. The number of carbonyl (C=O) groups excluding carboxylic acids is 1. The Morgan fingerprint density at radius 1 is 1.35 bits per heavy atom. The zero-order valence-electron chi connectivity index (χ0n) is 9.98. The molecule has 0 aromatic heterocycles. The van der Waals surface area contributed by atoms with Gasteiger partial charge in [-0.3, -0.25) is 4.79 Å². The van der Waals surface area contributed by atoms with Crippen LogP contribution in [0.1, 0.15) is 36.4 Å². The molecule has 0 spiro atoms. The average molecular weight is 255 g/mol. The first-order chi connectivity index (χ1) is 7.66. The van der Waals surface area contributed by atoms with Crippen LogP contribution in [0.3, 0.4) is 0 Å². The summed E-state index contributed by atoms with van der Waals surface area (Å²) in [6, 6.07) is 7.60. The van der Waals surface area contributed by atoms with E-state index in [0.29, 0.717) is 6.04 Å². The second-order valence-corrected chi connectivity index (χ2v) is 4.52. The summed E-state index contributed by atoms with van der Waals surface area (Å²) in [5, 5.41) is 2.97. The number of aryl methyl sites for hydroxylation is 1. The third-order valence-electron chi connectivity index (χ3n) is 3.17. The van der Waals surface area contributed by atoms with E-state index in [1.807, 2.05) is 31.2 Å². The monoisotopic (exact) mass is 254 g/mol. The molecule has 1 aliphatic rings. The first kappa shape index (κ1) is 14.0. The molecule has 1 amide bonds. The highest BCUT2D eigenvalue weighted by Gasteiger charge is 2.23. The van der Waals surface area contributed by atoms with Crippen molar-refractivity contribution >= 4 is 18.3 Å². The molecule has 0 bridgehead atoms. The molecule has 0 saturated heterocycles. The maximum Gasteiger partial charge on any atom is 0.241 e. The van der Waals surface area contributed by atoms with E-state index in [1.54, 1.807) is 0 Å². The van der Waals surface area contributed by atoms with E-state index in [2.05, 4.69) is 5.32 Å². The number of hydrogen-bond donors (Lipinski definition) is 2. The Hall–Kier alpha value is -1.06. The van der Waals surface area contributed by atoms with Crippen LogP contribution in [0.4, 0.5) is 0 Å². The second-order valence-electron chi connectivity index (χ2n) is 4.52. The fourth-order valence-corrected chi connectivity index (χ4v) is 1.77. The highest BCUT2D eigenvalue weighted by atomic mass is 35.5. The molecule has 1 saturated carbocycles. The van der Waals surface area contributed by atoms with Crippen molar-refractivity contribution in [2.75, 3.05) is 0 Å². The van der Waals surface area contributed by atoms with Crippen LogP contribution in [0.25, 0.3) is 0 Å². The van der Waals surface area contributed by atoms with Crippen LogP contribution in [0.15, 0.2) is 24.3 Å². The minimum absolute atomic E-state index is 0. The van der Waals surface area contributed by atoms with E-state index < -0.39 is 6.04 Å². The average Bonchev–Trinajstić information content (AvgIpc) is 2.23. The maximum atomic E-state index is 11.8. The second kappa shape index (κ2) is 6.03. The number of rotatable bonds is 3. The van der Waals surface area contributed by atoms with Crippen molar-refractivity contribution in [3.63, 3.8) is 0 Å². The summed E-state index contributed by atoms with van der Waals surface area (Å²) < 4.78 is 0. The van der Waals surface area contributed by atoms with E-state index in [4.69, 9.17) is 5.73 Å². The molecule has 2 rings (SSSR count). The summed E-state index contributed by atoms with van der Waals surface area (Å²) in [4.78, 5) is 11.8. The molecular formula is C13H19ClN2O. The predicted octanol–water partition coefficient (Wildman–Crippen LogP) is 2.09. The Balaban J connectivity index is 0.00000144. The van der Waals surface area contributed by atoms with Gasteiger partial charge in [0.1, 0.15) is 6.04 Å². The standard InChI is InChI=1S/C13H18N2O.ClH/c1-9-5-7-10(8-6-9)12(14)13(16)15-11-3-2-4-11;/h5-8,11-12H,2-4,14H2,1H3,(H,15,16);1H. The smallest absolute Gasteiger partial charge is 0.241 e. The summed E-state index contributed by atoms with van der Waals surface area (Å²) in [5.74, 6) is -0.0615. The number of amides is 1. The summed E-state index contributed by atoms with van der Waals surface area (Å²) in [5.41, 5.74) is 7.96. The lowest BCUT2D eigenvalue weighted by Crippen LogP contribution is -2.44. The number of nitrogens with one attached hydrogen (secondary N) is 1. The van der Waals surface area contributed by atoms with Crippen LogP contribution < -0.4 is 11.1 Å². The Bertz CT molecular complexity index is 374. The highest BCUT2D eigenvalue weighted by molar-refractivity contribution is 5.85. The van der Waals surface area contributed by atoms with Crippen molar-refractivity contribution in [2.45, 2.75) is 38.3 Å². The quantitative estimate of drug-likeness (QED) is 0.868. The molecule has 17 heavy (non-hydrogen) atoms. The Morgan fingerprint density at radius 2 is 1.94 bits per heavy atom. The fraction of sp³-hybridized carbons (Fsp3) is 0.462. The van der Waals surface area contributed by atoms with E-state index in [1.165, 1.54) is 12.0 Å². The molecule has 94 valence electrons. The topological polar surface area (TPSA) is 55.1 Å². The van der Waals surface area contributed by atoms with Crippen LogP contribution >= 0.6 is 12.4 Å². The molecule has 3 N–H and O–H groups in total. The molecule has 1 aromatic rings. The Morgan fingerprint density at radius 3 is 2.41 bits per heavy atom. The van der Waals surface area contributed by atoms with Gasteiger partial charge in [-0.1, -0.05) is 29.8 Å². The van der Waals surface area contributed by atoms with Gasteiger partial charge in [-0.15, -0.1) is 12.4 Å². The van der Waals surface area contributed by atoms with Gasteiger partial charge in [0.15, 0.2) is 0 Å². The number of nitrogens with two attached hydrogens (primary N) is 1. The molecule has 1 atom stereocenters. The number of benzene rings is 1. The zero-order chi connectivity index (χ0) is 11.5. The predicted molar refractivity (Wildman–Crippen MR) is 71.1 cm³/mol. The van der Waals surface area contributed by atoms with Gasteiger partial charge < -0.3 is 11.1 Å². The van der Waals surface area contributed by atoms with Gasteiger partial charge in [-0.25, -0.2) is 0 Å². The third kappa shape index (κ3) is 3.45. The first-order valence-electron chi connectivity index (χ1n) is 5.79. The Labute approximate surface area is 108 Å². The summed E-state index contributed by atoms with van der Waals surface area (Å²) in [7, 11) is 0. The van der Waals surface area contributed by atoms with Crippen molar-refractivity contribution in [1.29, 1.82) is 0 Å². The molecule has 0 radical (unpaired) electrons. The van der Waals surface area contributed by atoms with Gasteiger partial charge in [-0.05, 0) is 31.7 Å². The molecule has 1 aliphatic carbocycles. The maximum absolute atomic E-state index is 11.8. The number of hydrogen-bond acceptors (Lipinski definition) is 2. The molecule has 3 nitrogen and oxygen atoms in total. The molecule has 4 heteroatoms. The fourth-order valence-electron chi connectivity index (χ4n) is 1.77. The SMILES string of the molecule is Cc1ccc(C(N)C(=O)NC2CCC2)cc1.Cl. The number of halogens is 1. The van der Waals surface area contributed by atoms with Crippen molar-refractivity contribution in [3.05, 3.63) is 35.4 Å². The first-order valence-corrected chi connectivity index (χ1v) is 5.79. The lowest BCUT2D eigenvalue weighted by atomic mass is 9.92. The van der Waals surface area contributed by atoms with E-state index >= 15 is 0 Å². The van der Waals surface area contributed by atoms with Crippen LogP contribution in [0.5, 0.6) is 0 Å². The zero-order valence-corrected chi connectivity index (χ0v) is 10.8. The minimum Gasteiger partial charge on any atom is -0.352 e.